The molecule has 7 rings (SSSR count). The molecule has 1 aromatic carbocycles. The van der Waals surface area contributed by atoms with Crippen LogP contribution in [0.2, 0.25) is 0 Å². The Bertz CT molecular complexity index is 1620. The first-order valence-corrected chi connectivity index (χ1v) is 18.7. The van der Waals surface area contributed by atoms with Crippen LogP contribution in [0.1, 0.15) is 98.6 Å². The molecule has 9 nitrogen and oxygen atoms in total. The number of nitrogens with one attached hydrogen (secondary N) is 1. The molecule has 1 aromatic heterocycles. The van der Waals surface area contributed by atoms with E-state index >= 15 is 0 Å². The van der Waals surface area contributed by atoms with Gasteiger partial charge in [-0.3, -0.25) is 4.79 Å². The van der Waals surface area contributed by atoms with Crippen molar-refractivity contribution in [3.63, 3.8) is 0 Å². The molecule has 0 radical (unpaired) electrons. The van der Waals surface area contributed by atoms with Crippen molar-refractivity contribution in [2.75, 3.05) is 13.7 Å². The van der Waals surface area contributed by atoms with Gasteiger partial charge in [-0.1, -0.05) is 70.5 Å². The number of rotatable bonds is 6. The Balaban J connectivity index is 1.19. The van der Waals surface area contributed by atoms with Crippen LogP contribution in [0.15, 0.2) is 42.1 Å². The number of aliphatic hydroxyl groups excluding tert-OH is 3. The van der Waals surface area contributed by atoms with E-state index in [4.69, 9.17) is 4.74 Å². The van der Waals surface area contributed by atoms with Crippen molar-refractivity contribution in [2.45, 2.75) is 112 Å². The lowest BCUT2D eigenvalue weighted by atomic mass is 9.33. The summed E-state index contributed by atoms with van der Waals surface area (Å²) < 4.78 is 7.22. The first-order chi connectivity index (χ1) is 23.2. The molecular formula is C40H58N4O5. The second-order valence-electron chi connectivity index (χ2n) is 17.7. The number of nitrogens with zero attached hydrogens (tertiary/aromatic N) is 3. The molecule has 12 atom stereocenters. The van der Waals surface area contributed by atoms with Gasteiger partial charge in [0.25, 0.3) is 0 Å². The number of hydrogen-bond acceptors (Lipinski definition) is 7. The van der Waals surface area contributed by atoms with Gasteiger partial charge in [-0.15, -0.1) is 5.10 Å². The highest BCUT2D eigenvalue weighted by molar-refractivity contribution is 5.84. The van der Waals surface area contributed by atoms with E-state index in [-0.39, 0.29) is 40.6 Å². The maximum Gasteiger partial charge on any atom is 0.227 e. The number of fused-ring (bicyclic) bond motifs is 7. The third-order valence-corrected chi connectivity index (χ3v) is 15.8. The summed E-state index contributed by atoms with van der Waals surface area (Å²) in [7, 11) is 1.64. The summed E-state index contributed by atoms with van der Waals surface area (Å²) in [5.74, 6) is 2.33. The molecule has 4 N–H and O–H groups in total. The highest BCUT2D eigenvalue weighted by Crippen LogP contribution is 2.75. The molecule has 5 aliphatic rings. The summed E-state index contributed by atoms with van der Waals surface area (Å²) in [5, 5.41) is 45.0. The normalized spacial score (nSPS) is 44.4. The van der Waals surface area contributed by atoms with Gasteiger partial charge < -0.3 is 25.4 Å². The number of methoxy groups -OCH3 is 1. The number of para-hydroxylation sites is 2. The summed E-state index contributed by atoms with van der Waals surface area (Å²) in [6, 6.07) is 7.68. The topological polar surface area (TPSA) is 130 Å². The van der Waals surface area contributed by atoms with Crippen molar-refractivity contribution in [1.29, 1.82) is 0 Å². The second kappa shape index (κ2) is 11.9. The Hall–Kier alpha value is -2.75. The lowest BCUT2D eigenvalue weighted by molar-refractivity contribution is -0.243. The van der Waals surface area contributed by atoms with Gasteiger partial charge in [-0.05, 0) is 109 Å². The van der Waals surface area contributed by atoms with Gasteiger partial charge in [0, 0.05) is 5.41 Å². The number of aromatic nitrogens is 3. The minimum atomic E-state index is -0.922. The van der Waals surface area contributed by atoms with E-state index in [1.165, 1.54) is 5.57 Å². The molecule has 4 saturated carbocycles. The first kappa shape index (κ1) is 34.7. The maximum absolute atomic E-state index is 14.6. The highest BCUT2D eigenvalue weighted by atomic mass is 16.5. The Kier molecular flexibility index (Phi) is 8.43. The minimum absolute atomic E-state index is 0.0270. The van der Waals surface area contributed by atoms with Gasteiger partial charge in [0.2, 0.25) is 5.91 Å². The van der Waals surface area contributed by atoms with Crippen LogP contribution in [0, 0.1) is 56.7 Å². The molecule has 0 bridgehead atoms. The molecule has 1 amide bonds. The van der Waals surface area contributed by atoms with E-state index in [1.54, 1.807) is 11.8 Å². The monoisotopic (exact) mass is 674 g/mol. The fourth-order valence-electron chi connectivity index (χ4n) is 12.7. The van der Waals surface area contributed by atoms with Crippen LogP contribution in [0.4, 0.5) is 0 Å². The smallest absolute Gasteiger partial charge is 0.227 e. The molecule has 0 aliphatic heterocycles. The van der Waals surface area contributed by atoms with Gasteiger partial charge in [0.15, 0.2) is 0 Å². The molecule has 4 fully saturated rings. The van der Waals surface area contributed by atoms with Crippen molar-refractivity contribution >= 4 is 5.91 Å². The number of hydrogen-bond donors (Lipinski definition) is 4. The fraction of sp³-hybridized carbons (Fsp3) is 0.725. The molecule has 5 aliphatic carbocycles. The average Bonchev–Trinajstić information content (AvgIpc) is 3.57. The van der Waals surface area contributed by atoms with Gasteiger partial charge in [0.1, 0.15) is 17.1 Å². The minimum Gasteiger partial charge on any atom is -0.494 e. The number of aliphatic hydroxyl groups is 3. The van der Waals surface area contributed by atoms with Crippen LogP contribution in [0.5, 0.6) is 5.75 Å². The van der Waals surface area contributed by atoms with Crippen LogP contribution >= 0.6 is 0 Å². The van der Waals surface area contributed by atoms with Crippen LogP contribution in [-0.4, -0.2) is 62.1 Å². The summed E-state index contributed by atoms with van der Waals surface area (Å²) in [4.78, 5) is 14.6. The number of carbonyl (C=O) groups excluding carboxylic acids is 1. The first-order valence-electron chi connectivity index (χ1n) is 18.7. The molecule has 9 heteroatoms. The lowest BCUT2D eigenvalue weighted by Gasteiger charge is -2.71. The molecule has 1 heterocycles. The van der Waals surface area contributed by atoms with Gasteiger partial charge in [0.05, 0.1) is 44.1 Å². The standard InChI is InChI=1S/C40H58N4O5/c1-24-14-17-40(35(48)41-21-26-22-44(43-42-26)28-10-8-9-11-30(28)49-7)19-18-38(5)27(33(40)25(24)2)12-13-32-36(3)20-29(46)34(47)37(4,23-45)31(36)15-16-39(32,38)6/h8-12,22,24-25,29,31-34,45-47H,13-21,23H2,1-7H3,(H,41,48)/t24-,25+,29-,31-,32-,33+,34+,36+,37+,38-,39-,40+/m1/s1. The van der Waals surface area contributed by atoms with Crippen molar-refractivity contribution in [3.05, 3.63) is 47.8 Å². The van der Waals surface area contributed by atoms with Gasteiger partial charge >= 0.3 is 0 Å². The van der Waals surface area contributed by atoms with E-state index in [1.807, 2.05) is 37.4 Å². The Morgan fingerprint density at radius 1 is 1.04 bits per heavy atom. The van der Waals surface area contributed by atoms with Crippen molar-refractivity contribution in [1.82, 2.24) is 20.3 Å². The quantitative estimate of drug-likeness (QED) is 0.283. The zero-order valence-electron chi connectivity index (χ0n) is 30.6. The van der Waals surface area contributed by atoms with Crippen LogP contribution in [-0.2, 0) is 11.3 Å². The zero-order valence-corrected chi connectivity index (χ0v) is 30.6. The lowest BCUT2D eigenvalue weighted by Crippen LogP contribution is -2.68. The summed E-state index contributed by atoms with van der Waals surface area (Å²) >= 11 is 0. The van der Waals surface area contributed by atoms with E-state index < -0.39 is 23.0 Å². The van der Waals surface area contributed by atoms with E-state index in [0.717, 1.165) is 50.6 Å². The molecule has 0 spiro atoms. The van der Waals surface area contributed by atoms with Crippen molar-refractivity contribution < 1.29 is 24.9 Å². The predicted octanol–water partition coefficient (Wildman–Crippen LogP) is 5.85. The molecule has 2 aromatic rings. The van der Waals surface area contributed by atoms with Gasteiger partial charge in [-0.2, -0.15) is 0 Å². The Morgan fingerprint density at radius 3 is 2.53 bits per heavy atom. The summed E-state index contributed by atoms with van der Waals surface area (Å²) in [5.41, 5.74) is 1.46. The largest absolute Gasteiger partial charge is 0.494 e. The molecule has 268 valence electrons. The molecule has 49 heavy (non-hydrogen) atoms. The summed E-state index contributed by atoms with van der Waals surface area (Å²) in [6.45, 7) is 14.2. The van der Waals surface area contributed by atoms with E-state index in [0.29, 0.717) is 42.2 Å². The van der Waals surface area contributed by atoms with Crippen molar-refractivity contribution in [2.24, 2.45) is 56.7 Å². The van der Waals surface area contributed by atoms with Crippen LogP contribution in [0.3, 0.4) is 0 Å². The molecule has 0 unspecified atom stereocenters. The number of ether oxygens (including phenoxy) is 1. The highest BCUT2D eigenvalue weighted by Gasteiger charge is 2.70. The third-order valence-electron chi connectivity index (χ3n) is 15.8. The number of amides is 1. The molecular weight excluding hydrogens is 616 g/mol. The zero-order chi connectivity index (χ0) is 35.1. The SMILES string of the molecule is COc1ccccc1-n1cc(CNC(=O)[C@]23CC[C@@H](C)[C@H](C)[C@H]2C2=CC[C@@H]4[C@@]5(C)C[C@@H](O)[C@H](O)[C@@](C)(CO)[C@@H]5CC[C@@]4(C)[C@]2(C)CC3)nn1. The van der Waals surface area contributed by atoms with Crippen LogP contribution < -0.4 is 10.1 Å². The Labute approximate surface area is 291 Å². The van der Waals surface area contributed by atoms with Crippen molar-refractivity contribution in [3.8, 4) is 11.4 Å². The maximum atomic E-state index is 14.6. The van der Waals surface area contributed by atoms with Crippen LogP contribution in [0.25, 0.3) is 5.69 Å². The predicted molar refractivity (Wildman–Crippen MR) is 188 cm³/mol. The van der Waals surface area contributed by atoms with Gasteiger partial charge in [-0.25, -0.2) is 4.68 Å². The average molecular weight is 675 g/mol. The fourth-order valence-corrected chi connectivity index (χ4v) is 12.7. The second-order valence-corrected chi connectivity index (χ2v) is 17.7. The molecule has 0 saturated heterocycles. The Morgan fingerprint density at radius 2 is 1.80 bits per heavy atom. The number of benzene rings is 1. The third kappa shape index (κ3) is 4.77. The number of carbonyl (C=O) groups is 1. The summed E-state index contributed by atoms with van der Waals surface area (Å²) in [6.07, 6.45) is 9.73. The van der Waals surface area contributed by atoms with E-state index in [9.17, 15) is 20.1 Å². The number of allylic oxidation sites excluding steroid dienone is 2. The van der Waals surface area contributed by atoms with E-state index in [2.05, 4.69) is 56.3 Å².